The highest BCUT2D eigenvalue weighted by atomic mass is 19.1. The van der Waals surface area contributed by atoms with Crippen LogP contribution in [0, 0.1) is 11.7 Å². The number of halogens is 1. The molecule has 1 atom stereocenters. The molecule has 0 saturated heterocycles. The fourth-order valence-electron chi connectivity index (χ4n) is 2.43. The predicted octanol–water partition coefficient (Wildman–Crippen LogP) is 3.83. The molecule has 2 aromatic carbocycles. The van der Waals surface area contributed by atoms with E-state index in [0.717, 1.165) is 5.56 Å². The van der Waals surface area contributed by atoms with Crippen LogP contribution in [0.1, 0.15) is 25.0 Å². The molecule has 0 radical (unpaired) electrons. The normalized spacial score (nSPS) is 11.6. The van der Waals surface area contributed by atoms with E-state index in [4.69, 9.17) is 14.2 Å². The number of nitrogens with one attached hydrogen (secondary N) is 1. The van der Waals surface area contributed by atoms with Crippen molar-refractivity contribution in [2.75, 3.05) is 7.11 Å². The summed E-state index contributed by atoms with van der Waals surface area (Å²) in [5.41, 5.74) is 1.31. The molecular formula is C21H24FNO5. The molecule has 0 bridgehead atoms. The van der Waals surface area contributed by atoms with Gasteiger partial charge in [0.25, 0.3) is 0 Å². The number of amides is 1. The van der Waals surface area contributed by atoms with Crippen LogP contribution in [-0.2, 0) is 27.5 Å². The zero-order chi connectivity index (χ0) is 20.5. The number of carbonyl (C=O) groups is 2. The fraction of sp³-hybridized carbons (Fsp3) is 0.333. The molecule has 0 fully saturated rings. The summed E-state index contributed by atoms with van der Waals surface area (Å²) in [5.74, 6) is -1.27. The molecule has 2 rings (SSSR count). The lowest BCUT2D eigenvalue weighted by atomic mass is 10.1. The van der Waals surface area contributed by atoms with Crippen molar-refractivity contribution in [1.82, 2.24) is 5.32 Å². The van der Waals surface area contributed by atoms with Gasteiger partial charge in [-0.25, -0.2) is 14.0 Å². The largest absolute Gasteiger partial charge is 0.494 e. The van der Waals surface area contributed by atoms with Crippen molar-refractivity contribution < 1.29 is 28.2 Å². The Morgan fingerprint density at radius 3 is 2.29 bits per heavy atom. The maximum Gasteiger partial charge on any atom is 0.408 e. The summed E-state index contributed by atoms with van der Waals surface area (Å²) in [7, 11) is 1.37. The molecule has 1 amide bonds. The van der Waals surface area contributed by atoms with Crippen LogP contribution in [0.4, 0.5) is 9.18 Å². The molecule has 0 aliphatic carbocycles. The second-order valence-corrected chi connectivity index (χ2v) is 6.50. The van der Waals surface area contributed by atoms with Crippen molar-refractivity contribution in [3.05, 3.63) is 65.5 Å². The maximum atomic E-state index is 13.7. The lowest BCUT2D eigenvalue weighted by molar-refractivity contribution is -0.148. The lowest BCUT2D eigenvalue weighted by Crippen LogP contribution is -2.45. The van der Waals surface area contributed by atoms with E-state index in [1.54, 1.807) is 19.9 Å². The average molecular weight is 389 g/mol. The number of alkyl carbamates (subject to hydrolysis) is 1. The number of ether oxygens (including phenoxy) is 3. The third-order valence-corrected chi connectivity index (χ3v) is 4.00. The first kappa shape index (κ1) is 21.2. The van der Waals surface area contributed by atoms with E-state index in [9.17, 15) is 14.0 Å². The Morgan fingerprint density at radius 1 is 1.00 bits per heavy atom. The van der Waals surface area contributed by atoms with Gasteiger partial charge in [0.05, 0.1) is 7.11 Å². The third kappa shape index (κ3) is 6.26. The van der Waals surface area contributed by atoms with E-state index in [1.165, 1.54) is 19.2 Å². The highest BCUT2D eigenvalue weighted by Gasteiger charge is 2.26. The van der Waals surface area contributed by atoms with Gasteiger partial charge < -0.3 is 19.5 Å². The minimum absolute atomic E-state index is 0.0949. The highest BCUT2D eigenvalue weighted by Crippen LogP contribution is 2.18. The summed E-state index contributed by atoms with van der Waals surface area (Å²) >= 11 is 0. The third-order valence-electron chi connectivity index (χ3n) is 4.00. The number of rotatable bonds is 8. The lowest BCUT2D eigenvalue weighted by Gasteiger charge is -2.20. The Balaban J connectivity index is 1.88. The van der Waals surface area contributed by atoms with E-state index in [2.05, 4.69) is 5.32 Å². The Labute approximate surface area is 163 Å². The van der Waals surface area contributed by atoms with Crippen LogP contribution >= 0.6 is 0 Å². The molecule has 0 saturated carbocycles. The smallest absolute Gasteiger partial charge is 0.408 e. The minimum atomic E-state index is -0.883. The molecule has 1 N–H and O–H groups in total. The highest BCUT2D eigenvalue weighted by molar-refractivity contribution is 5.81. The number of hydrogen-bond acceptors (Lipinski definition) is 5. The molecule has 0 spiro atoms. The van der Waals surface area contributed by atoms with Crippen molar-refractivity contribution in [3.63, 3.8) is 0 Å². The summed E-state index contributed by atoms with van der Waals surface area (Å²) in [6, 6.07) is 12.6. The SMILES string of the molecule is COc1ccc(COC(=O)[C@@H](NC(=O)OCc2ccccc2)C(C)C)cc1F. The molecule has 7 heteroatoms. The molecule has 150 valence electrons. The number of carbonyl (C=O) groups excluding carboxylic acids is 2. The molecular weight excluding hydrogens is 365 g/mol. The molecule has 0 aliphatic rings. The quantitative estimate of drug-likeness (QED) is 0.695. The van der Waals surface area contributed by atoms with Crippen LogP contribution in [0.5, 0.6) is 5.75 Å². The van der Waals surface area contributed by atoms with Gasteiger partial charge in [-0.3, -0.25) is 0 Å². The van der Waals surface area contributed by atoms with E-state index >= 15 is 0 Å². The topological polar surface area (TPSA) is 73.9 Å². The van der Waals surface area contributed by atoms with E-state index in [-0.39, 0.29) is 24.9 Å². The van der Waals surface area contributed by atoms with Crippen LogP contribution in [0.2, 0.25) is 0 Å². The first-order valence-corrected chi connectivity index (χ1v) is 8.87. The van der Waals surface area contributed by atoms with Crippen molar-refractivity contribution in [2.24, 2.45) is 5.92 Å². The van der Waals surface area contributed by atoms with Gasteiger partial charge in [-0.15, -0.1) is 0 Å². The summed E-state index contributed by atoms with van der Waals surface area (Å²) in [5, 5.41) is 2.52. The van der Waals surface area contributed by atoms with Gasteiger partial charge in [0, 0.05) is 0 Å². The molecule has 0 aliphatic heterocycles. The van der Waals surface area contributed by atoms with Crippen molar-refractivity contribution in [1.29, 1.82) is 0 Å². The van der Waals surface area contributed by atoms with Gasteiger partial charge in [0.1, 0.15) is 19.3 Å². The van der Waals surface area contributed by atoms with Gasteiger partial charge in [-0.1, -0.05) is 50.2 Å². The van der Waals surface area contributed by atoms with Gasteiger partial charge >= 0.3 is 12.1 Å². The molecule has 6 nitrogen and oxygen atoms in total. The number of esters is 1. The molecule has 2 aromatic rings. The monoisotopic (exact) mass is 389 g/mol. The number of hydrogen-bond donors (Lipinski definition) is 1. The van der Waals surface area contributed by atoms with E-state index < -0.39 is 23.9 Å². The first-order chi connectivity index (χ1) is 13.4. The molecule has 28 heavy (non-hydrogen) atoms. The Kier molecular flexibility index (Phi) is 7.80. The fourth-order valence-corrected chi connectivity index (χ4v) is 2.43. The van der Waals surface area contributed by atoms with E-state index in [1.807, 2.05) is 30.3 Å². The zero-order valence-electron chi connectivity index (χ0n) is 16.1. The summed E-state index contributed by atoms with van der Waals surface area (Å²) in [6.45, 7) is 3.52. The van der Waals surface area contributed by atoms with Crippen LogP contribution in [0.25, 0.3) is 0 Å². The summed E-state index contributed by atoms with van der Waals surface area (Å²) in [6.07, 6.45) is -0.713. The first-order valence-electron chi connectivity index (χ1n) is 8.87. The average Bonchev–Trinajstić information content (AvgIpc) is 2.69. The standard InChI is InChI=1S/C21H24FNO5/c1-14(2)19(23-21(25)28-12-15-7-5-4-6-8-15)20(24)27-13-16-9-10-18(26-3)17(22)11-16/h4-11,14,19H,12-13H2,1-3H3,(H,23,25)/t19-/m0/s1. The van der Waals surface area contributed by atoms with Gasteiger partial charge in [-0.05, 0) is 29.2 Å². The maximum absolute atomic E-state index is 13.7. The van der Waals surface area contributed by atoms with Crippen LogP contribution in [0.15, 0.2) is 48.5 Å². The van der Waals surface area contributed by atoms with Crippen LogP contribution in [-0.4, -0.2) is 25.2 Å². The minimum Gasteiger partial charge on any atom is -0.494 e. The van der Waals surface area contributed by atoms with Crippen molar-refractivity contribution in [3.8, 4) is 5.75 Å². The van der Waals surface area contributed by atoms with Crippen molar-refractivity contribution in [2.45, 2.75) is 33.1 Å². The Hall–Kier alpha value is -3.09. The summed E-state index contributed by atoms with van der Waals surface area (Å²) < 4.78 is 28.9. The number of benzene rings is 2. The van der Waals surface area contributed by atoms with Gasteiger partial charge in [0.15, 0.2) is 11.6 Å². The van der Waals surface area contributed by atoms with Gasteiger partial charge in [0.2, 0.25) is 0 Å². The van der Waals surface area contributed by atoms with Crippen molar-refractivity contribution >= 4 is 12.1 Å². The van der Waals surface area contributed by atoms with Crippen LogP contribution < -0.4 is 10.1 Å². The second-order valence-electron chi connectivity index (χ2n) is 6.50. The zero-order valence-corrected chi connectivity index (χ0v) is 16.1. The Morgan fingerprint density at radius 2 is 1.68 bits per heavy atom. The molecule has 0 aromatic heterocycles. The number of methoxy groups -OCH3 is 1. The molecule has 0 unspecified atom stereocenters. The van der Waals surface area contributed by atoms with Gasteiger partial charge in [-0.2, -0.15) is 0 Å². The molecule has 0 heterocycles. The van der Waals surface area contributed by atoms with E-state index in [0.29, 0.717) is 5.56 Å². The second kappa shape index (κ2) is 10.3. The Bertz CT molecular complexity index is 795. The predicted molar refractivity (Wildman–Crippen MR) is 101 cm³/mol. The van der Waals surface area contributed by atoms with Crippen LogP contribution in [0.3, 0.4) is 0 Å². The summed E-state index contributed by atoms with van der Waals surface area (Å²) in [4.78, 5) is 24.4.